The van der Waals surface area contributed by atoms with Crippen LogP contribution in [-0.4, -0.2) is 114 Å². The summed E-state index contributed by atoms with van der Waals surface area (Å²) < 4.78 is 37.4. The summed E-state index contributed by atoms with van der Waals surface area (Å²) in [7, 11) is 0. The van der Waals surface area contributed by atoms with Crippen LogP contribution in [0.1, 0.15) is 143 Å². The van der Waals surface area contributed by atoms with Gasteiger partial charge in [0.15, 0.2) is 0 Å². The molecule has 9 nitrogen and oxygen atoms in total. The Balaban J connectivity index is 2.68. The Labute approximate surface area is 316 Å². The quantitative estimate of drug-likeness (QED) is 0.0699. The summed E-state index contributed by atoms with van der Waals surface area (Å²) >= 11 is 0. The van der Waals surface area contributed by atoms with Crippen molar-refractivity contribution in [1.29, 1.82) is 0 Å². The Morgan fingerprint density at radius 3 is 1.57 bits per heavy atom. The van der Waals surface area contributed by atoms with Crippen LogP contribution in [0.3, 0.4) is 0 Å². The first kappa shape index (κ1) is 48.7. The summed E-state index contributed by atoms with van der Waals surface area (Å²) in [6, 6.07) is 0.558. The van der Waals surface area contributed by atoms with Gasteiger partial charge < -0.3 is 44.4 Å². The van der Waals surface area contributed by atoms with E-state index in [2.05, 4.69) is 127 Å². The van der Waals surface area contributed by atoms with Gasteiger partial charge in [0.25, 0.3) is 0 Å². The van der Waals surface area contributed by atoms with Gasteiger partial charge in [0.2, 0.25) is 0 Å². The molecule has 1 fully saturated rings. The molecule has 1 aliphatic carbocycles. The highest BCUT2D eigenvalue weighted by Crippen LogP contribution is 2.47. The van der Waals surface area contributed by atoms with Crippen molar-refractivity contribution in [1.82, 2.24) is 16.0 Å². The minimum atomic E-state index is -0.170. The van der Waals surface area contributed by atoms with Crippen molar-refractivity contribution in [2.45, 2.75) is 184 Å². The molecule has 0 radical (unpaired) electrons. The van der Waals surface area contributed by atoms with Crippen LogP contribution in [0.25, 0.3) is 0 Å². The summed E-state index contributed by atoms with van der Waals surface area (Å²) in [4.78, 5) is 0. The molecule has 0 aromatic carbocycles. The highest BCUT2D eigenvalue weighted by molar-refractivity contribution is 4.96. The van der Waals surface area contributed by atoms with Gasteiger partial charge in [-0.1, -0.05) is 41.5 Å². The molecule has 9 heteroatoms. The molecule has 0 unspecified atom stereocenters. The van der Waals surface area contributed by atoms with Gasteiger partial charge in [0, 0.05) is 62.2 Å². The first-order chi connectivity index (χ1) is 23.3. The van der Waals surface area contributed by atoms with Gasteiger partial charge in [-0.25, -0.2) is 0 Å². The van der Waals surface area contributed by atoms with E-state index in [9.17, 15) is 0 Å². The molecule has 0 bridgehead atoms. The Hall–Kier alpha value is -0.360. The molecule has 0 aromatic heterocycles. The van der Waals surface area contributed by atoms with E-state index in [1.54, 1.807) is 0 Å². The van der Waals surface area contributed by atoms with Crippen molar-refractivity contribution < 1.29 is 28.4 Å². The van der Waals surface area contributed by atoms with Gasteiger partial charge >= 0.3 is 0 Å². The number of rotatable bonds is 28. The zero-order chi connectivity index (χ0) is 39.0. The second kappa shape index (κ2) is 22.3. The molecule has 1 saturated carbocycles. The maximum Gasteiger partial charge on any atom is 0.0704 e. The average Bonchev–Trinajstić information content (AvgIpc) is 2.95. The Bertz CT molecular complexity index is 900. The van der Waals surface area contributed by atoms with E-state index in [1.165, 1.54) is 0 Å². The summed E-state index contributed by atoms with van der Waals surface area (Å²) in [5.41, 5.74) is -0.0372. The summed E-state index contributed by atoms with van der Waals surface area (Å²) in [5.74, 6) is 0. The van der Waals surface area contributed by atoms with Crippen molar-refractivity contribution in [2.24, 2.45) is 16.2 Å². The Morgan fingerprint density at radius 1 is 0.569 bits per heavy atom. The molecule has 1 rings (SSSR count). The normalized spacial score (nSPS) is 19.3. The van der Waals surface area contributed by atoms with Crippen LogP contribution in [0.4, 0.5) is 0 Å². The zero-order valence-corrected chi connectivity index (χ0v) is 36.6. The van der Waals surface area contributed by atoms with Gasteiger partial charge in [-0.2, -0.15) is 0 Å². The molecule has 2 atom stereocenters. The van der Waals surface area contributed by atoms with Crippen LogP contribution < -0.4 is 16.0 Å². The lowest BCUT2D eigenvalue weighted by Crippen LogP contribution is -2.52. The Morgan fingerprint density at radius 2 is 1.08 bits per heavy atom. The third-order valence-electron chi connectivity index (χ3n) is 10.5. The van der Waals surface area contributed by atoms with Crippen LogP contribution in [0.15, 0.2) is 0 Å². The van der Waals surface area contributed by atoms with Crippen LogP contribution in [0.2, 0.25) is 0 Å². The number of ether oxygens (including phenoxy) is 6. The molecule has 1 aliphatic rings. The van der Waals surface area contributed by atoms with E-state index in [0.717, 1.165) is 45.2 Å². The van der Waals surface area contributed by atoms with Crippen molar-refractivity contribution in [2.75, 3.05) is 72.6 Å². The van der Waals surface area contributed by atoms with Gasteiger partial charge in [0.05, 0.1) is 51.3 Å². The summed E-state index contributed by atoms with van der Waals surface area (Å²) in [6.45, 7) is 43.6. The SMILES string of the molecule is C[C@@H](OCCCOCCNC(C)(C)C)C(C)(C)C[C@H](OCCCOCCNC(C)(C)C)C(C)(C)C(C)(C)COCCO[C@H]1C[C@@H](NC(C)(C)C)C1. The lowest BCUT2D eigenvalue weighted by molar-refractivity contribution is -0.138. The molecule has 51 heavy (non-hydrogen) atoms. The van der Waals surface area contributed by atoms with E-state index in [1.807, 2.05) is 0 Å². The third-order valence-corrected chi connectivity index (χ3v) is 10.5. The van der Waals surface area contributed by atoms with Crippen LogP contribution in [-0.2, 0) is 28.4 Å². The largest absolute Gasteiger partial charge is 0.380 e. The zero-order valence-electron chi connectivity index (χ0n) is 36.6. The van der Waals surface area contributed by atoms with E-state index in [-0.39, 0.29) is 45.1 Å². The van der Waals surface area contributed by atoms with E-state index in [4.69, 9.17) is 28.4 Å². The van der Waals surface area contributed by atoms with Crippen molar-refractivity contribution >= 4 is 0 Å². The second-order valence-corrected chi connectivity index (χ2v) is 20.1. The Kier molecular flexibility index (Phi) is 21.2. The highest BCUT2D eigenvalue weighted by atomic mass is 16.5. The molecule has 0 saturated heterocycles. The average molecular weight is 730 g/mol. The van der Waals surface area contributed by atoms with Crippen molar-refractivity contribution in [3.8, 4) is 0 Å². The monoisotopic (exact) mass is 730 g/mol. The minimum absolute atomic E-state index is 0.0110. The smallest absolute Gasteiger partial charge is 0.0704 e. The lowest BCUT2D eigenvalue weighted by atomic mass is 9.62. The number of hydrogen-bond acceptors (Lipinski definition) is 9. The lowest BCUT2D eigenvalue weighted by Gasteiger charge is -2.49. The fourth-order valence-corrected chi connectivity index (χ4v) is 6.05. The maximum absolute atomic E-state index is 6.81. The topological polar surface area (TPSA) is 91.5 Å². The fraction of sp³-hybridized carbons (Fsp3) is 1.00. The molecule has 0 amide bonds. The van der Waals surface area contributed by atoms with E-state index >= 15 is 0 Å². The highest BCUT2D eigenvalue weighted by Gasteiger charge is 2.46. The van der Waals surface area contributed by atoms with Gasteiger partial charge in [-0.05, 0) is 118 Å². The van der Waals surface area contributed by atoms with Gasteiger partial charge in [-0.3, -0.25) is 0 Å². The van der Waals surface area contributed by atoms with Gasteiger partial charge in [0.1, 0.15) is 0 Å². The molecule has 0 aliphatic heterocycles. The molecule has 306 valence electrons. The molecule has 0 spiro atoms. The standard InChI is InChI=1S/C42H87N3O6/c1-33(49-23-17-21-46-25-19-43-37(2,3)4)40(11,12)31-36(51-24-18-22-47-26-20-44-38(5,6)7)42(15,16)41(13,14)32-48-27-28-50-35-29-34(30-35)45-39(8,9)10/h33-36,43-45H,17-32H2,1-16H3/t33-,34-,35+,36+/m1/s1. The van der Waals surface area contributed by atoms with Crippen LogP contribution in [0, 0.1) is 16.2 Å². The van der Waals surface area contributed by atoms with Crippen molar-refractivity contribution in [3.63, 3.8) is 0 Å². The molecular formula is C42H87N3O6. The molecule has 3 N–H and O–H groups in total. The molecular weight excluding hydrogens is 642 g/mol. The third kappa shape index (κ3) is 22.0. The number of hydrogen-bond donors (Lipinski definition) is 3. The second-order valence-electron chi connectivity index (χ2n) is 20.1. The predicted octanol–water partition coefficient (Wildman–Crippen LogP) is 7.79. The van der Waals surface area contributed by atoms with E-state index in [0.29, 0.717) is 71.6 Å². The minimum Gasteiger partial charge on any atom is -0.380 e. The van der Waals surface area contributed by atoms with Crippen LogP contribution in [0.5, 0.6) is 0 Å². The first-order valence-electron chi connectivity index (χ1n) is 20.2. The molecule has 0 heterocycles. The van der Waals surface area contributed by atoms with Crippen molar-refractivity contribution in [3.05, 3.63) is 0 Å². The van der Waals surface area contributed by atoms with Gasteiger partial charge in [-0.15, -0.1) is 0 Å². The first-order valence-corrected chi connectivity index (χ1v) is 20.2. The number of nitrogens with one attached hydrogen (secondary N) is 3. The predicted molar refractivity (Wildman–Crippen MR) is 214 cm³/mol. The molecule has 0 aromatic rings. The summed E-state index contributed by atoms with van der Waals surface area (Å²) in [5, 5.41) is 10.6. The van der Waals surface area contributed by atoms with Crippen LogP contribution >= 0.6 is 0 Å². The fourth-order valence-electron chi connectivity index (χ4n) is 6.05. The summed E-state index contributed by atoms with van der Waals surface area (Å²) in [6.07, 6.45) is 5.20. The van der Waals surface area contributed by atoms with E-state index < -0.39 is 0 Å². The maximum atomic E-state index is 6.81.